The number of rotatable bonds is 7. The Morgan fingerprint density at radius 1 is 1.42 bits per heavy atom. The number of benzene rings is 1. The molecule has 1 N–H and O–H groups in total. The van der Waals surface area contributed by atoms with E-state index in [1.54, 1.807) is 11.8 Å². The third-order valence-electron chi connectivity index (χ3n) is 2.44. The van der Waals surface area contributed by atoms with E-state index >= 15 is 0 Å². The van der Waals surface area contributed by atoms with Crippen LogP contribution >= 0.6 is 23.4 Å². The third kappa shape index (κ3) is 5.03. The number of nitriles is 1. The van der Waals surface area contributed by atoms with E-state index in [1.165, 1.54) is 18.2 Å². The highest BCUT2D eigenvalue weighted by molar-refractivity contribution is 7.98. The van der Waals surface area contributed by atoms with Crippen molar-refractivity contribution < 1.29 is 8.42 Å². The van der Waals surface area contributed by atoms with Crippen LogP contribution in [0.3, 0.4) is 0 Å². The smallest absolute Gasteiger partial charge is 0.211 e. The maximum Gasteiger partial charge on any atom is 0.240 e. The van der Waals surface area contributed by atoms with Crippen molar-refractivity contribution in [2.24, 2.45) is 0 Å². The molecule has 0 heterocycles. The second-order valence-corrected chi connectivity index (χ2v) is 7.01. The third-order valence-corrected chi connectivity index (χ3v) is 4.91. The lowest BCUT2D eigenvalue weighted by Crippen LogP contribution is -2.24. The maximum absolute atomic E-state index is 12.0. The Bertz CT molecular complexity index is 568. The van der Waals surface area contributed by atoms with Crippen molar-refractivity contribution in [1.29, 1.82) is 5.26 Å². The summed E-state index contributed by atoms with van der Waals surface area (Å²) in [6.45, 7) is 0.403. The Balaban J connectivity index is 2.68. The highest BCUT2D eigenvalue weighted by Gasteiger charge is 2.14. The molecule has 0 saturated heterocycles. The van der Waals surface area contributed by atoms with E-state index in [1.807, 2.05) is 12.3 Å². The first-order chi connectivity index (χ1) is 9.01. The van der Waals surface area contributed by atoms with Gasteiger partial charge in [0.15, 0.2) is 0 Å². The van der Waals surface area contributed by atoms with Gasteiger partial charge in [0.05, 0.1) is 15.5 Å². The molecular formula is C12H15ClN2O2S2. The topological polar surface area (TPSA) is 70.0 Å². The monoisotopic (exact) mass is 318 g/mol. The molecule has 0 spiro atoms. The van der Waals surface area contributed by atoms with E-state index in [2.05, 4.69) is 4.72 Å². The molecule has 104 valence electrons. The summed E-state index contributed by atoms with van der Waals surface area (Å²) in [5, 5.41) is 8.88. The minimum atomic E-state index is -3.55. The number of sulfonamides is 1. The van der Waals surface area contributed by atoms with Crippen LogP contribution in [0.5, 0.6) is 0 Å². The van der Waals surface area contributed by atoms with Gasteiger partial charge < -0.3 is 0 Å². The predicted octanol–water partition coefficient (Wildman–Crippen LogP) is 2.63. The molecule has 1 rings (SSSR count). The molecule has 0 atom stereocenters. The second-order valence-electron chi connectivity index (χ2n) is 3.85. The van der Waals surface area contributed by atoms with Gasteiger partial charge in [0.1, 0.15) is 6.07 Å². The number of nitrogens with one attached hydrogen (secondary N) is 1. The number of halogens is 1. The van der Waals surface area contributed by atoms with Crippen molar-refractivity contribution in [1.82, 2.24) is 4.72 Å². The lowest BCUT2D eigenvalue weighted by Gasteiger charge is -2.07. The van der Waals surface area contributed by atoms with Crippen LogP contribution in [0.15, 0.2) is 23.1 Å². The lowest BCUT2D eigenvalue weighted by atomic mass is 10.2. The van der Waals surface area contributed by atoms with Crippen LogP contribution < -0.4 is 4.72 Å². The Morgan fingerprint density at radius 2 is 2.16 bits per heavy atom. The van der Waals surface area contributed by atoms with Crippen molar-refractivity contribution in [3.8, 4) is 6.07 Å². The van der Waals surface area contributed by atoms with E-state index in [0.29, 0.717) is 6.54 Å². The fourth-order valence-electron chi connectivity index (χ4n) is 1.41. The summed E-state index contributed by atoms with van der Waals surface area (Å²) in [6.07, 6.45) is 3.78. The van der Waals surface area contributed by atoms with Gasteiger partial charge in [-0.05, 0) is 43.0 Å². The van der Waals surface area contributed by atoms with E-state index in [0.717, 1.165) is 18.6 Å². The zero-order chi connectivity index (χ0) is 14.3. The van der Waals surface area contributed by atoms with E-state index < -0.39 is 10.0 Å². The quantitative estimate of drug-likeness (QED) is 0.785. The minimum absolute atomic E-state index is 0.0846. The standard InChI is InChI=1S/C12H15ClN2O2S2/c1-18-7-3-2-6-15-19(16,17)11-5-4-10(9-14)12(13)8-11/h4-5,8,15H,2-3,6-7H2,1H3. The summed E-state index contributed by atoms with van der Waals surface area (Å²) in [4.78, 5) is 0.0846. The molecule has 0 amide bonds. The predicted molar refractivity (Wildman–Crippen MR) is 79.0 cm³/mol. The van der Waals surface area contributed by atoms with E-state index in [9.17, 15) is 8.42 Å². The maximum atomic E-state index is 12.0. The molecule has 4 nitrogen and oxygen atoms in total. The van der Waals surface area contributed by atoms with Crippen molar-refractivity contribution in [3.05, 3.63) is 28.8 Å². The molecule has 0 aliphatic rings. The Kier molecular flexibility index (Phi) is 6.66. The average Bonchev–Trinajstić information content (AvgIpc) is 2.38. The summed E-state index contributed by atoms with van der Waals surface area (Å²) in [5.74, 6) is 1.02. The molecule has 0 unspecified atom stereocenters. The van der Waals surface area contributed by atoms with Gasteiger partial charge in [-0.25, -0.2) is 13.1 Å². The first-order valence-corrected chi connectivity index (χ1v) is 8.95. The molecule has 0 aliphatic carbocycles. The van der Waals surface area contributed by atoms with Crippen molar-refractivity contribution in [2.75, 3.05) is 18.6 Å². The highest BCUT2D eigenvalue weighted by Crippen LogP contribution is 2.20. The average molecular weight is 319 g/mol. The Morgan fingerprint density at radius 3 is 2.74 bits per heavy atom. The van der Waals surface area contributed by atoms with Gasteiger partial charge in [0, 0.05) is 6.54 Å². The zero-order valence-electron chi connectivity index (χ0n) is 10.5. The summed E-state index contributed by atoms with van der Waals surface area (Å²) in [5.41, 5.74) is 0.264. The van der Waals surface area contributed by atoms with Crippen LogP contribution in [0.25, 0.3) is 0 Å². The Labute approximate surface area is 123 Å². The molecule has 0 fully saturated rings. The molecule has 0 bridgehead atoms. The van der Waals surface area contributed by atoms with E-state index in [4.69, 9.17) is 16.9 Å². The van der Waals surface area contributed by atoms with Crippen LogP contribution in [0, 0.1) is 11.3 Å². The molecule has 0 aromatic heterocycles. The van der Waals surface area contributed by atoms with Gasteiger partial charge >= 0.3 is 0 Å². The number of hydrogen-bond donors (Lipinski definition) is 1. The Hall–Kier alpha value is -0.740. The van der Waals surface area contributed by atoms with Crippen LogP contribution in [-0.4, -0.2) is 27.0 Å². The van der Waals surface area contributed by atoms with Gasteiger partial charge in [-0.2, -0.15) is 17.0 Å². The van der Waals surface area contributed by atoms with Gasteiger partial charge in [-0.3, -0.25) is 0 Å². The first kappa shape index (κ1) is 16.3. The molecule has 1 aromatic rings. The van der Waals surface area contributed by atoms with Gasteiger partial charge in [0.25, 0.3) is 0 Å². The summed E-state index contributed by atoms with van der Waals surface area (Å²) < 4.78 is 26.4. The summed E-state index contributed by atoms with van der Waals surface area (Å²) in [6, 6.07) is 5.98. The molecule has 0 aliphatic heterocycles. The largest absolute Gasteiger partial charge is 0.240 e. The van der Waals surface area contributed by atoms with E-state index in [-0.39, 0.29) is 15.5 Å². The van der Waals surface area contributed by atoms with Crippen molar-refractivity contribution in [2.45, 2.75) is 17.7 Å². The zero-order valence-corrected chi connectivity index (χ0v) is 12.9. The minimum Gasteiger partial charge on any atom is -0.211 e. The normalized spacial score (nSPS) is 11.2. The van der Waals surface area contributed by atoms with Gasteiger partial charge in [-0.1, -0.05) is 11.6 Å². The van der Waals surface area contributed by atoms with Crippen LogP contribution in [0.4, 0.5) is 0 Å². The number of thioether (sulfide) groups is 1. The van der Waals surface area contributed by atoms with Crippen molar-refractivity contribution >= 4 is 33.4 Å². The second kappa shape index (κ2) is 7.75. The summed E-state index contributed by atoms with van der Waals surface area (Å²) >= 11 is 7.56. The van der Waals surface area contributed by atoms with Crippen LogP contribution in [0.1, 0.15) is 18.4 Å². The van der Waals surface area contributed by atoms with Crippen LogP contribution in [0.2, 0.25) is 5.02 Å². The molecule has 19 heavy (non-hydrogen) atoms. The SMILES string of the molecule is CSCCCCNS(=O)(=O)c1ccc(C#N)c(Cl)c1. The van der Waals surface area contributed by atoms with Gasteiger partial charge in [0.2, 0.25) is 10.0 Å². The fraction of sp³-hybridized carbons (Fsp3) is 0.417. The lowest BCUT2D eigenvalue weighted by molar-refractivity contribution is 0.578. The molecular weight excluding hydrogens is 304 g/mol. The number of unbranched alkanes of at least 4 members (excludes halogenated alkanes) is 1. The molecule has 1 aromatic carbocycles. The fourth-order valence-corrected chi connectivity index (χ4v) is 3.30. The van der Waals surface area contributed by atoms with Crippen molar-refractivity contribution in [3.63, 3.8) is 0 Å². The molecule has 7 heteroatoms. The highest BCUT2D eigenvalue weighted by atomic mass is 35.5. The first-order valence-electron chi connectivity index (χ1n) is 5.69. The molecule has 0 saturated carbocycles. The van der Waals surface area contributed by atoms with Crippen LogP contribution in [-0.2, 0) is 10.0 Å². The summed E-state index contributed by atoms with van der Waals surface area (Å²) in [7, 11) is -3.55. The number of hydrogen-bond acceptors (Lipinski definition) is 4. The van der Waals surface area contributed by atoms with Gasteiger partial charge in [-0.15, -0.1) is 0 Å². The molecule has 0 radical (unpaired) electrons. The number of nitrogens with zero attached hydrogens (tertiary/aromatic N) is 1.